The summed E-state index contributed by atoms with van der Waals surface area (Å²) in [6, 6.07) is 1.82. The zero-order valence-corrected chi connectivity index (χ0v) is 10.3. The maximum absolute atomic E-state index is 12.1. The van der Waals surface area contributed by atoms with Crippen molar-refractivity contribution >= 4 is 25.4 Å². The van der Waals surface area contributed by atoms with E-state index >= 15 is 0 Å². The van der Waals surface area contributed by atoms with Crippen LogP contribution >= 0.6 is 10.7 Å². The number of alkyl halides is 2. The lowest BCUT2D eigenvalue weighted by Crippen LogP contribution is -2.08. The van der Waals surface area contributed by atoms with Crippen LogP contribution in [0.25, 0.3) is 0 Å². The molecule has 1 aromatic rings. The first-order valence-electron chi connectivity index (χ1n) is 4.31. The molecule has 0 aliphatic carbocycles. The highest BCUT2D eigenvalue weighted by molar-refractivity contribution is 8.14. The highest BCUT2D eigenvalue weighted by Gasteiger charge is 2.31. The summed E-state index contributed by atoms with van der Waals surface area (Å²) in [5.41, 5.74) is -0.734. The Morgan fingerprint density at radius 1 is 1.44 bits per heavy atom. The molecule has 0 saturated carbocycles. The fourth-order valence-electron chi connectivity index (χ4n) is 1.29. The quantitative estimate of drug-likeness (QED) is 0.484. The molecule has 0 aliphatic heterocycles. The van der Waals surface area contributed by atoms with E-state index in [2.05, 4.69) is 4.74 Å². The Kier molecular flexibility index (Phi) is 4.07. The second kappa shape index (κ2) is 5.02. The third-order valence-electron chi connectivity index (χ3n) is 1.84. The van der Waals surface area contributed by atoms with E-state index in [0.29, 0.717) is 0 Å². The van der Waals surface area contributed by atoms with Crippen LogP contribution in [0.5, 0.6) is 5.75 Å². The van der Waals surface area contributed by atoms with E-state index in [-0.39, 0.29) is 5.56 Å². The molecular weight excluding hydrogens is 296 g/mol. The average Bonchev–Trinajstić information content (AvgIpc) is 2.12. The maximum atomic E-state index is 12.1. The summed E-state index contributed by atoms with van der Waals surface area (Å²) in [7, 11) is 0.392. The first kappa shape index (κ1) is 14.6. The highest BCUT2D eigenvalue weighted by Crippen LogP contribution is 2.37. The molecule has 0 heterocycles. The van der Waals surface area contributed by atoms with Crippen LogP contribution in [-0.2, 0) is 9.05 Å². The molecule has 0 N–H and O–H groups in total. The van der Waals surface area contributed by atoms with Crippen molar-refractivity contribution in [1.82, 2.24) is 0 Å². The minimum absolute atomic E-state index is 0.182. The van der Waals surface area contributed by atoms with Crippen LogP contribution in [0.3, 0.4) is 0 Å². The van der Waals surface area contributed by atoms with Gasteiger partial charge in [0, 0.05) is 16.7 Å². The van der Waals surface area contributed by atoms with Crippen molar-refractivity contribution in [3.05, 3.63) is 27.8 Å². The van der Waals surface area contributed by atoms with E-state index in [1.807, 2.05) is 0 Å². The van der Waals surface area contributed by atoms with Gasteiger partial charge in [-0.05, 0) is 18.6 Å². The van der Waals surface area contributed by atoms with Crippen molar-refractivity contribution in [1.29, 1.82) is 0 Å². The minimum Gasteiger partial charge on any atom is -0.433 e. The van der Waals surface area contributed by atoms with Crippen LogP contribution in [0.15, 0.2) is 17.0 Å². The summed E-state index contributed by atoms with van der Waals surface area (Å²) in [6.45, 7) is -1.97. The summed E-state index contributed by atoms with van der Waals surface area (Å²) >= 11 is 0. The SMILES string of the molecule is Cc1cc(OC(F)F)c(S(=O)(=O)Cl)c([N+](=O)[O-])c1. The second-order valence-corrected chi connectivity index (χ2v) is 5.69. The van der Waals surface area contributed by atoms with Crippen molar-refractivity contribution in [2.75, 3.05) is 0 Å². The van der Waals surface area contributed by atoms with E-state index in [1.54, 1.807) is 0 Å². The summed E-state index contributed by atoms with van der Waals surface area (Å²) < 4.78 is 50.6. The van der Waals surface area contributed by atoms with Gasteiger partial charge in [0.1, 0.15) is 0 Å². The topological polar surface area (TPSA) is 86.5 Å². The molecule has 0 atom stereocenters. The number of nitrogens with zero attached hydrogens (tertiary/aromatic N) is 1. The van der Waals surface area contributed by atoms with E-state index in [1.165, 1.54) is 6.92 Å². The monoisotopic (exact) mass is 301 g/mol. The number of halogens is 3. The van der Waals surface area contributed by atoms with Crippen molar-refractivity contribution in [3.8, 4) is 5.75 Å². The summed E-state index contributed by atoms with van der Waals surface area (Å²) in [5.74, 6) is -0.855. The van der Waals surface area contributed by atoms with Gasteiger partial charge in [0.05, 0.1) is 4.92 Å². The third kappa shape index (κ3) is 3.26. The number of benzene rings is 1. The number of hydrogen-bond donors (Lipinski definition) is 0. The number of nitro groups is 1. The molecule has 1 rings (SSSR count). The Labute approximate surface area is 105 Å². The molecule has 0 fully saturated rings. The van der Waals surface area contributed by atoms with Crippen LogP contribution in [0.2, 0.25) is 0 Å². The van der Waals surface area contributed by atoms with E-state index in [4.69, 9.17) is 10.7 Å². The summed E-state index contributed by atoms with van der Waals surface area (Å²) in [6.07, 6.45) is 0. The Morgan fingerprint density at radius 2 is 2.00 bits per heavy atom. The largest absolute Gasteiger partial charge is 0.433 e. The maximum Gasteiger partial charge on any atom is 0.387 e. The lowest BCUT2D eigenvalue weighted by Gasteiger charge is -2.09. The Bertz CT molecular complexity index is 589. The zero-order valence-electron chi connectivity index (χ0n) is 8.76. The molecule has 100 valence electrons. The number of aryl methyl sites for hydroxylation is 1. The molecule has 0 aromatic heterocycles. The van der Waals surface area contributed by atoms with Crippen molar-refractivity contribution in [2.45, 2.75) is 18.4 Å². The Balaban J connectivity index is 3.64. The third-order valence-corrected chi connectivity index (χ3v) is 3.20. The second-order valence-electron chi connectivity index (χ2n) is 3.18. The van der Waals surface area contributed by atoms with E-state index in [0.717, 1.165) is 12.1 Å². The molecular formula is C8H6ClF2NO5S. The van der Waals surface area contributed by atoms with Crippen LogP contribution in [0.4, 0.5) is 14.5 Å². The Hall–Kier alpha value is -1.48. The van der Waals surface area contributed by atoms with E-state index < -0.39 is 36.9 Å². The molecule has 0 bridgehead atoms. The van der Waals surface area contributed by atoms with Gasteiger partial charge < -0.3 is 4.74 Å². The molecule has 18 heavy (non-hydrogen) atoms. The van der Waals surface area contributed by atoms with Gasteiger partial charge in [-0.25, -0.2) is 8.42 Å². The number of nitro benzene ring substituents is 1. The zero-order chi connectivity index (χ0) is 14.1. The summed E-state index contributed by atoms with van der Waals surface area (Å²) in [5, 5.41) is 10.7. The first-order valence-corrected chi connectivity index (χ1v) is 6.62. The number of hydrogen-bond acceptors (Lipinski definition) is 5. The standard InChI is InChI=1S/C8H6ClF2NO5S/c1-4-2-5(12(13)14)7(18(9,15)16)6(3-4)17-8(10)11/h2-3,8H,1H3. The lowest BCUT2D eigenvalue weighted by molar-refractivity contribution is -0.388. The number of ether oxygens (including phenoxy) is 1. The molecule has 0 radical (unpaired) electrons. The molecule has 0 unspecified atom stereocenters. The smallest absolute Gasteiger partial charge is 0.387 e. The van der Waals surface area contributed by atoms with Gasteiger partial charge in [0.2, 0.25) is 4.90 Å². The van der Waals surface area contributed by atoms with Crippen LogP contribution < -0.4 is 4.74 Å². The van der Waals surface area contributed by atoms with Gasteiger partial charge >= 0.3 is 6.61 Å². The predicted molar refractivity (Wildman–Crippen MR) is 57.5 cm³/mol. The normalized spacial score (nSPS) is 11.6. The van der Waals surface area contributed by atoms with Crippen LogP contribution in [-0.4, -0.2) is 20.0 Å². The van der Waals surface area contributed by atoms with Gasteiger partial charge in [0.25, 0.3) is 14.7 Å². The van der Waals surface area contributed by atoms with Gasteiger partial charge in [-0.3, -0.25) is 10.1 Å². The molecule has 6 nitrogen and oxygen atoms in total. The molecule has 0 saturated heterocycles. The van der Waals surface area contributed by atoms with Gasteiger partial charge in [0.15, 0.2) is 5.75 Å². The van der Waals surface area contributed by atoms with Crippen LogP contribution in [0, 0.1) is 17.0 Å². The highest BCUT2D eigenvalue weighted by atomic mass is 35.7. The van der Waals surface area contributed by atoms with E-state index in [9.17, 15) is 27.3 Å². The first-order chi connectivity index (χ1) is 8.12. The van der Waals surface area contributed by atoms with Gasteiger partial charge in [-0.15, -0.1) is 0 Å². The predicted octanol–water partition coefficient (Wildman–Crippen LogP) is 2.43. The minimum atomic E-state index is -4.60. The molecule has 0 amide bonds. The van der Waals surface area contributed by atoms with Gasteiger partial charge in [-0.2, -0.15) is 8.78 Å². The number of rotatable bonds is 4. The lowest BCUT2D eigenvalue weighted by atomic mass is 10.2. The average molecular weight is 302 g/mol. The fraction of sp³-hybridized carbons (Fsp3) is 0.250. The molecule has 10 heteroatoms. The van der Waals surface area contributed by atoms with Crippen molar-refractivity contribution < 1.29 is 26.9 Å². The molecule has 1 aromatic carbocycles. The Morgan fingerprint density at radius 3 is 2.39 bits per heavy atom. The molecule has 0 aliphatic rings. The van der Waals surface area contributed by atoms with Crippen molar-refractivity contribution in [3.63, 3.8) is 0 Å². The van der Waals surface area contributed by atoms with Crippen molar-refractivity contribution in [2.24, 2.45) is 0 Å². The van der Waals surface area contributed by atoms with Gasteiger partial charge in [-0.1, -0.05) is 0 Å². The fourth-order valence-corrected chi connectivity index (χ4v) is 2.48. The summed E-state index contributed by atoms with van der Waals surface area (Å²) in [4.78, 5) is 8.57. The molecule has 0 spiro atoms. The van der Waals surface area contributed by atoms with Crippen LogP contribution in [0.1, 0.15) is 5.56 Å².